The van der Waals surface area contributed by atoms with Crippen LogP contribution in [0.3, 0.4) is 0 Å². The number of rotatable bonds is 1. The molecule has 6 nitrogen and oxygen atoms in total. The van der Waals surface area contributed by atoms with Gasteiger partial charge in [0, 0.05) is 12.1 Å². The molecule has 0 saturated heterocycles. The molecule has 0 aliphatic carbocycles. The number of hydrogen-bond acceptors (Lipinski definition) is 4. The van der Waals surface area contributed by atoms with E-state index in [1.807, 2.05) is 22.9 Å². The van der Waals surface area contributed by atoms with Crippen LogP contribution in [0, 0.1) is 0 Å². The van der Waals surface area contributed by atoms with Crippen LogP contribution in [0.15, 0.2) is 30.5 Å². The third kappa shape index (κ3) is 2.17. The van der Waals surface area contributed by atoms with Gasteiger partial charge in [0.15, 0.2) is 11.5 Å². The summed E-state index contributed by atoms with van der Waals surface area (Å²) in [6.45, 7) is 5.16. The zero-order chi connectivity index (χ0) is 16.0. The van der Waals surface area contributed by atoms with Crippen LogP contribution in [0.5, 0.6) is 11.5 Å². The zero-order valence-electron chi connectivity index (χ0n) is 13.2. The van der Waals surface area contributed by atoms with Gasteiger partial charge in [-0.1, -0.05) is 6.07 Å². The van der Waals surface area contributed by atoms with Gasteiger partial charge in [-0.2, -0.15) is 5.10 Å². The largest absolute Gasteiger partial charge is 0.486 e. The molecule has 23 heavy (non-hydrogen) atoms. The average Bonchev–Trinajstić information content (AvgIpc) is 3.04. The Bertz CT molecular complexity index is 755. The molecule has 0 radical (unpaired) electrons. The molecule has 0 N–H and O–H groups in total. The minimum Gasteiger partial charge on any atom is -0.486 e. The molecular formula is C17H19N3O3. The van der Waals surface area contributed by atoms with Gasteiger partial charge in [-0.15, -0.1) is 0 Å². The fraction of sp³-hybridized carbons (Fsp3) is 0.412. The normalized spacial score (nSPS) is 22.6. The second-order valence-corrected chi connectivity index (χ2v) is 6.07. The van der Waals surface area contributed by atoms with Gasteiger partial charge < -0.3 is 9.47 Å². The van der Waals surface area contributed by atoms with Gasteiger partial charge >= 0.3 is 0 Å². The first-order valence-electron chi connectivity index (χ1n) is 7.92. The number of aromatic nitrogens is 2. The van der Waals surface area contributed by atoms with Crippen LogP contribution in [0.4, 0.5) is 5.82 Å². The lowest BCUT2D eigenvalue weighted by atomic mass is 10.0. The number of carbonyl (C=O) groups excluding carboxylic acids is 1. The summed E-state index contributed by atoms with van der Waals surface area (Å²) in [5, 5.41) is 4.35. The summed E-state index contributed by atoms with van der Waals surface area (Å²) < 4.78 is 13.2. The topological polar surface area (TPSA) is 56.6 Å². The van der Waals surface area contributed by atoms with Gasteiger partial charge in [-0.3, -0.25) is 9.69 Å². The van der Waals surface area contributed by atoms with Crippen molar-refractivity contribution in [3.8, 4) is 11.5 Å². The van der Waals surface area contributed by atoms with Crippen LogP contribution in [-0.4, -0.2) is 34.9 Å². The Morgan fingerprint density at radius 2 is 2.00 bits per heavy atom. The molecule has 0 fully saturated rings. The van der Waals surface area contributed by atoms with E-state index in [1.54, 1.807) is 17.2 Å². The first-order valence-corrected chi connectivity index (χ1v) is 7.92. The Hall–Kier alpha value is -2.50. The standard InChI is InChI=1S/C17H19N3O3/c1-11-10-12(2)20-15(6-7-18-20)19(11)17(21)13-4-3-5-14-16(13)23-9-8-22-14/h3-7,11-12H,8-10H2,1-2H3. The van der Waals surface area contributed by atoms with Crippen molar-refractivity contribution in [2.24, 2.45) is 0 Å². The molecule has 6 heteroatoms. The maximum Gasteiger partial charge on any atom is 0.263 e. The highest BCUT2D eigenvalue weighted by molar-refractivity contribution is 6.08. The fourth-order valence-electron chi connectivity index (χ4n) is 3.44. The molecule has 3 heterocycles. The maximum absolute atomic E-state index is 13.2. The number of amides is 1. The van der Waals surface area contributed by atoms with E-state index in [1.165, 1.54) is 0 Å². The number of ether oxygens (including phenoxy) is 2. The molecule has 4 rings (SSSR count). The lowest BCUT2D eigenvalue weighted by Crippen LogP contribution is -2.45. The second-order valence-electron chi connectivity index (χ2n) is 6.07. The number of carbonyl (C=O) groups is 1. The van der Waals surface area contributed by atoms with E-state index in [4.69, 9.17) is 9.47 Å². The highest BCUT2D eigenvalue weighted by Gasteiger charge is 2.35. The highest BCUT2D eigenvalue weighted by atomic mass is 16.6. The summed E-state index contributed by atoms with van der Waals surface area (Å²) >= 11 is 0. The smallest absolute Gasteiger partial charge is 0.263 e. The SMILES string of the molecule is CC1CC(C)n2nccc2N1C(=O)c1cccc2c1OCCO2. The quantitative estimate of drug-likeness (QED) is 0.812. The van der Waals surface area contributed by atoms with E-state index in [2.05, 4.69) is 18.9 Å². The first-order chi connectivity index (χ1) is 11.2. The number of para-hydroxylation sites is 1. The van der Waals surface area contributed by atoms with Crippen LogP contribution in [0.2, 0.25) is 0 Å². The van der Waals surface area contributed by atoms with Crippen molar-refractivity contribution in [2.45, 2.75) is 32.4 Å². The molecular weight excluding hydrogens is 294 g/mol. The monoisotopic (exact) mass is 313 g/mol. The molecule has 1 aromatic heterocycles. The van der Waals surface area contributed by atoms with E-state index >= 15 is 0 Å². The lowest BCUT2D eigenvalue weighted by molar-refractivity contribution is 0.0955. The van der Waals surface area contributed by atoms with Gasteiger partial charge in [0.1, 0.15) is 19.0 Å². The van der Waals surface area contributed by atoms with Crippen LogP contribution >= 0.6 is 0 Å². The Labute approximate surface area is 134 Å². The molecule has 2 aromatic rings. The average molecular weight is 313 g/mol. The summed E-state index contributed by atoms with van der Waals surface area (Å²) in [6, 6.07) is 7.72. The van der Waals surface area contributed by atoms with Crippen molar-refractivity contribution >= 4 is 11.7 Å². The van der Waals surface area contributed by atoms with E-state index in [0.29, 0.717) is 30.3 Å². The zero-order valence-corrected chi connectivity index (χ0v) is 13.2. The minimum atomic E-state index is -0.0755. The molecule has 1 aromatic carbocycles. The predicted octanol–water partition coefficient (Wildman–Crippen LogP) is 2.65. The molecule has 2 aliphatic heterocycles. The molecule has 0 spiro atoms. The number of fused-ring (bicyclic) bond motifs is 2. The molecule has 2 unspecified atom stereocenters. The van der Waals surface area contributed by atoms with Crippen molar-refractivity contribution in [2.75, 3.05) is 18.1 Å². The Balaban J connectivity index is 1.77. The van der Waals surface area contributed by atoms with Crippen molar-refractivity contribution in [1.29, 1.82) is 0 Å². The summed E-state index contributed by atoms with van der Waals surface area (Å²) in [7, 11) is 0. The highest BCUT2D eigenvalue weighted by Crippen LogP contribution is 2.37. The van der Waals surface area contributed by atoms with E-state index in [0.717, 1.165) is 12.2 Å². The van der Waals surface area contributed by atoms with Gasteiger partial charge in [0.25, 0.3) is 5.91 Å². The van der Waals surface area contributed by atoms with Gasteiger partial charge in [0.2, 0.25) is 0 Å². The first kappa shape index (κ1) is 14.1. The Morgan fingerprint density at radius 1 is 1.17 bits per heavy atom. The van der Waals surface area contributed by atoms with Crippen LogP contribution in [-0.2, 0) is 0 Å². The Morgan fingerprint density at radius 3 is 2.87 bits per heavy atom. The summed E-state index contributed by atoms with van der Waals surface area (Å²) in [6.07, 6.45) is 2.61. The van der Waals surface area contributed by atoms with E-state index in [9.17, 15) is 4.79 Å². The van der Waals surface area contributed by atoms with Crippen molar-refractivity contribution in [3.05, 3.63) is 36.0 Å². The van der Waals surface area contributed by atoms with Crippen molar-refractivity contribution in [3.63, 3.8) is 0 Å². The molecule has 0 bridgehead atoms. The molecule has 0 saturated carbocycles. The molecule has 1 amide bonds. The van der Waals surface area contributed by atoms with Gasteiger partial charge in [-0.25, -0.2) is 4.68 Å². The summed E-state index contributed by atoms with van der Waals surface area (Å²) in [4.78, 5) is 15.0. The lowest BCUT2D eigenvalue weighted by Gasteiger charge is -2.37. The predicted molar refractivity (Wildman–Crippen MR) is 85.3 cm³/mol. The summed E-state index contributed by atoms with van der Waals surface area (Å²) in [5.41, 5.74) is 0.538. The van der Waals surface area contributed by atoms with E-state index < -0.39 is 0 Å². The van der Waals surface area contributed by atoms with Gasteiger partial charge in [0.05, 0.1) is 17.8 Å². The maximum atomic E-state index is 13.2. The second kappa shape index (κ2) is 5.30. The van der Waals surface area contributed by atoms with Crippen molar-refractivity contribution < 1.29 is 14.3 Å². The molecule has 2 aliphatic rings. The van der Waals surface area contributed by atoms with E-state index in [-0.39, 0.29) is 18.0 Å². The summed E-state index contributed by atoms with van der Waals surface area (Å²) in [5.74, 6) is 1.93. The molecule has 120 valence electrons. The third-order valence-electron chi connectivity index (χ3n) is 4.45. The van der Waals surface area contributed by atoms with Crippen LogP contribution in [0.1, 0.15) is 36.7 Å². The van der Waals surface area contributed by atoms with Crippen LogP contribution < -0.4 is 14.4 Å². The third-order valence-corrected chi connectivity index (χ3v) is 4.45. The van der Waals surface area contributed by atoms with Crippen molar-refractivity contribution in [1.82, 2.24) is 9.78 Å². The molecule has 2 atom stereocenters. The van der Waals surface area contributed by atoms with Crippen LogP contribution in [0.25, 0.3) is 0 Å². The fourth-order valence-corrected chi connectivity index (χ4v) is 3.44. The Kier molecular flexibility index (Phi) is 3.25. The minimum absolute atomic E-state index is 0.0755. The number of benzene rings is 1. The number of anilines is 1. The van der Waals surface area contributed by atoms with Gasteiger partial charge in [-0.05, 0) is 32.4 Å². The number of nitrogens with zero attached hydrogens (tertiary/aromatic N) is 3. The number of hydrogen-bond donors (Lipinski definition) is 0.